The number of benzene rings is 2. The molecule has 5 rings (SSSR count). The van der Waals surface area contributed by atoms with Crippen LogP contribution in [0.3, 0.4) is 0 Å². The standard InChI is InChI=1S/C22H21NO5/c24-21-20(12-26-14-9-10-14)23(13-28-21)22(25)27-11-19-17-7-3-1-5-15(17)16-6-2-4-8-18(16)19/h1-8,14,19-20H,9-13H2/t20-/m0/s1. The molecule has 0 aromatic heterocycles. The zero-order chi connectivity index (χ0) is 19.1. The summed E-state index contributed by atoms with van der Waals surface area (Å²) < 4.78 is 16.3. The number of esters is 1. The van der Waals surface area contributed by atoms with Gasteiger partial charge < -0.3 is 14.2 Å². The molecule has 1 aliphatic heterocycles. The fraction of sp³-hybridized carbons (Fsp3) is 0.364. The Morgan fingerprint density at radius 2 is 1.64 bits per heavy atom. The van der Waals surface area contributed by atoms with E-state index in [1.807, 2.05) is 24.3 Å². The Hall–Kier alpha value is -2.86. The van der Waals surface area contributed by atoms with Crippen LogP contribution in [0.25, 0.3) is 11.1 Å². The second-order valence-electron chi connectivity index (χ2n) is 7.41. The van der Waals surface area contributed by atoms with Gasteiger partial charge in [-0.05, 0) is 35.1 Å². The molecule has 3 aliphatic rings. The smallest absolute Gasteiger partial charge is 0.413 e. The van der Waals surface area contributed by atoms with E-state index in [-0.39, 0.29) is 32.0 Å². The molecule has 0 N–H and O–H groups in total. The van der Waals surface area contributed by atoms with Crippen LogP contribution in [-0.2, 0) is 19.0 Å². The summed E-state index contributed by atoms with van der Waals surface area (Å²) in [6.45, 7) is 0.287. The molecule has 2 aromatic carbocycles. The summed E-state index contributed by atoms with van der Waals surface area (Å²) in [4.78, 5) is 25.9. The molecule has 0 radical (unpaired) electrons. The molecule has 0 spiro atoms. The van der Waals surface area contributed by atoms with Crippen LogP contribution in [0.5, 0.6) is 0 Å². The molecule has 1 atom stereocenters. The summed E-state index contributed by atoms with van der Waals surface area (Å²) in [7, 11) is 0. The van der Waals surface area contributed by atoms with E-state index in [1.54, 1.807) is 0 Å². The van der Waals surface area contributed by atoms with Gasteiger partial charge in [-0.25, -0.2) is 9.59 Å². The summed E-state index contributed by atoms with van der Waals surface area (Å²) in [5.41, 5.74) is 4.65. The second-order valence-corrected chi connectivity index (χ2v) is 7.41. The van der Waals surface area contributed by atoms with Gasteiger partial charge in [0.1, 0.15) is 6.61 Å². The van der Waals surface area contributed by atoms with Gasteiger partial charge in [-0.15, -0.1) is 0 Å². The van der Waals surface area contributed by atoms with Crippen LogP contribution in [0.15, 0.2) is 48.5 Å². The average molecular weight is 379 g/mol. The molecule has 2 fully saturated rings. The minimum atomic E-state index is -0.726. The van der Waals surface area contributed by atoms with Gasteiger partial charge in [0.25, 0.3) is 0 Å². The number of amides is 1. The van der Waals surface area contributed by atoms with Crippen molar-refractivity contribution in [2.45, 2.75) is 30.9 Å². The molecule has 0 unspecified atom stereocenters. The van der Waals surface area contributed by atoms with E-state index in [0.717, 1.165) is 24.0 Å². The maximum Gasteiger partial charge on any atom is 0.413 e. The highest BCUT2D eigenvalue weighted by Crippen LogP contribution is 2.44. The SMILES string of the molecule is O=C1OCN(C(=O)OCC2c3ccccc3-c3ccccc32)[C@H]1COC1CC1. The fourth-order valence-corrected chi connectivity index (χ4v) is 3.92. The van der Waals surface area contributed by atoms with E-state index < -0.39 is 18.1 Å². The first-order valence-electron chi connectivity index (χ1n) is 9.62. The molecular formula is C22H21NO5. The molecule has 28 heavy (non-hydrogen) atoms. The molecule has 144 valence electrons. The maximum atomic E-state index is 12.7. The van der Waals surface area contributed by atoms with Crippen molar-refractivity contribution in [3.8, 4) is 11.1 Å². The number of cyclic esters (lactones) is 1. The lowest BCUT2D eigenvalue weighted by Gasteiger charge is -2.21. The number of hydrogen-bond donors (Lipinski definition) is 0. The number of ether oxygens (including phenoxy) is 3. The van der Waals surface area contributed by atoms with Crippen molar-refractivity contribution in [2.75, 3.05) is 19.9 Å². The zero-order valence-electron chi connectivity index (χ0n) is 15.4. The molecule has 1 saturated carbocycles. The van der Waals surface area contributed by atoms with Crippen LogP contribution in [-0.4, -0.2) is 49.1 Å². The summed E-state index contributed by atoms with van der Waals surface area (Å²) in [6.07, 6.45) is 1.68. The second kappa shape index (κ2) is 6.95. The van der Waals surface area contributed by atoms with E-state index in [9.17, 15) is 9.59 Å². The number of hydrogen-bond acceptors (Lipinski definition) is 5. The summed E-state index contributed by atoms with van der Waals surface area (Å²) in [5.74, 6) is -0.453. The summed E-state index contributed by atoms with van der Waals surface area (Å²) in [6, 6.07) is 15.6. The summed E-state index contributed by atoms with van der Waals surface area (Å²) in [5, 5.41) is 0. The summed E-state index contributed by atoms with van der Waals surface area (Å²) >= 11 is 0. The third-order valence-corrected chi connectivity index (χ3v) is 5.58. The first-order chi connectivity index (χ1) is 13.7. The third kappa shape index (κ3) is 3.03. The monoisotopic (exact) mass is 379 g/mol. The normalized spacial score (nSPS) is 20.6. The van der Waals surface area contributed by atoms with Crippen LogP contribution in [0.2, 0.25) is 0 Å². The number of rotatable bonds is 5. The van der Waals surface area contributed by atoms with E-state index >= 15 is 0 Å². The predicted octanol–water partition coefficient (Wildman–Crippen LogP) is 3.30. The Balaban J connectivity index is 1.29. The van der Waals surface area contributed by atoms with Crippen LogP contribution in [0.4, 0.5) is 4.79 Å². The van der Waals surface area contributed by atoms with Crippen LogP contribution < -0.4 is 0 Å². The lowest BCUT2D eigenvalue weighted by atomic mass is 9.98. The van der Waals surface area contributed by atoms with Gasteiger partial charge in [-0.2, -0.15) is 0 Å². The molecule has 0 bridgehead atoms. The highest BCUT2D eigenvalue weighted by atomic mass is 16.6. The molecule has 6 nitrogen and oxygen atoms in total. The lowest BCUT2D eigenvalue weighted by molar-refractivity contribution is -0.140. The van der Waals surface area contributed by atoms with E-state index in [1.165, 1.54) is 16.0 Å². The third-order valence-electron chi connectivity index (χ3n) is 5.58. The molecule has 1 amide bonds. The first-order valence-corrected chi connectivity index (χ1v) is 9.62. The van der Waals surface area contributed by atoms with Gasteiger partial charge in [0.2, 0.25) is 0 Å². The quantitative estimate of drug-likeness (QED) is 0.746. The predicted molar refractivity (Wildman–Crippen MR) is 101 cm³/mol. The number of carbonyl (C=O) groups is 2. The van der Waals surface area contributed by atoms with Gasteiger partial charge >= 0.3 is 12.1 Å². The fourth-order valence-electron chi connectivity index (χ4n) is 3.92. The zero-order valence-corrected chi connectivity index (χ0v) is 15.4. The van der Waals surface area contributed by atoms with Crippen molar-refractivity contribution in [3.05, 3.63) is 59.7 Å². The van der Waals surface area contributed by atoms with Crippen LogP contribution in [0.1, 0.15) is 29.9 Å². The molecule has 6 heteroatoms. The minimum absolute atomic E-state index is 0.0169. The molecule has 2 aliphatic carbocycles. The maximum absolute atomic E-state index is 12.7. The Bertz CT molecular complexity index is 877. The molecule has 1 saturated heterocycles. The van der Waals surface area contributed by atoms with Crippen molar-refractivity contribution in [1.82, 2.24) is 4.90 Å². The molecule has 1 heterocycles. The van der Waals surface area contributed by atoms with E-state index in [0.29, 0.717) is 0 Å². The molecule has 2 aromatic rings. The minimum Gasteiger partial charge on any atom is -0.448 e. The van der Waals surface area contributed by atoms with Crippen molar-refractivity contribution in [1.29, 1.82) is 0 Å². The van der Waals surface area contributed by atoms with Gasteiger partial charge in [0.05, 0.1) is 12.7 Å². The average Bonchev–Trinajstić information content (AvgIpc) is 3.40. The Kier molecular flexibility index (Phi) is 4.28. The lowest BCUT2D eigenvalue weighted by Crippen LogP contribution is -2.42. The van der Waals surface area contributed by atoms with Gasteiger partial charge in [0.15, 0.2) is 12.8 Å². The van der Waals surface area contributed by atoms with Crippen molar-refractivity contribution in [2.24, 2.45) is 0 Å². The first kappa shape index (κ1) is 17.3. The highest BCUT2D eigenvalue weighted by Gasteiger charge is 2.41. The highest BCUT2D eigenvalue weighted by molar-refractivity contribution is 5.84. The largest absolute Gasteiger partial charge is 0.448 e. The number of fused-ring (bicyclic) bond motifs is 3. The van der Waals surface area contributed by atoms with Crippen LogP contribution >= 0.6 is 0 Å². The van der Waals surface area contributed by atoms with Gasteiger partial charge in [0, 0.05) is 5.92 Å². The number of carbonyl (C=O) groups excluding carboxylic acids is 2. The van der Waals surface area contributed by atoms with Crippen molar-refractivity contribution < 1.29 is 23.8 Å². The van der Waals surface area contributed by atoms with Crippen molar-refractivity contribution >= 4 is 12.1 Å². The Morgan fingerprint density at radius 3 is 2.29 bits per heavy atom. The molecular weight excluding hydrogens is 358 g/mol. The van der Waals surface area contributed by atoms with E-state index in [2.05, 4.69) is 24.3 Å². The van der Waals surface area contributed by atoms with Crippen LogP contribution in [0, 0.1) is 0 Å². The Morgan fingerprint density at radius 1 is 1.00 bits per heavy atom. The topological polar surface area (TPSA) is 65.1 Å². The van der Waals surface area contributed by atoms with Gasteiger partial charge in [-0.3, -0.25) is 4.90 Å². The van der Waals surface area contributed by atoms with Gasteiger partial charge in [-0.1, -0.05) is 48.5 Å². The number of nitrogens with zero attached hydrogens (tertiary/aromatic N) is 1. The Labute approximate surface area is 163 Å². The van der Waals surface area contributed by atoms with Crippen molar-refractivity contribution in [3.63, 3.8) is 0 Å². The van der Waals surface area contributed by atoms with E-state index in [4.69, 9.17) is 14.2 Å².